The summed E-state index contributed by atoms with van der Waals surface area (Å²) in [6.07, 6.45) is 2.61. The van der Waals surface area contributed by atoms with Crippen molar-refractivity contribution in [3.63, 3.8) is 0 Å². The van der Waals surface area contributed by atoms with Crippen molar-refractivity contribution in [1.29, 1.82) is 0 Å². The van der Waals surface area contributed by atoms with Crippen molar-refractivity contribution in [3.05, 3.63) is 28.8 Å². The summed E-state index contributed by atoms with van der Waals surface area (Å²) >= 11 is 9.87. The van der Waals surface area contributed by atoms with Crippen LogP contribution in [-0.2, 0) is 5.33 Å². The number of hydrogen-bond acceptors (Lipinski definition) is 1. The van der Waals surface area contributed by atoms with Gasteiger partial charge in [-0.15, -0.1) is 0 Å². The third-order valence-electron chi connectivity index (χ3n) is 3.19. The van der Waals surface area contributed by atoms with Crippen LogP contribution in [0.4, 0.5) is 5.69 Å². The summed E-state index contributed by atoms with van der Waals surface area (Å²) in [6.45, 7) is 4.58. The topological polar surface area (TPSA) is 3.24 Å². The molecule has 88 valence electrons. The fraction of sp³-hybridized carbons (Fsp3) is 0.538. The van der Waals surface area contributed by atoms with Crippen LogP contribution in [0.1, 0.15) is 25.3 Å². The predicted molar refractivity (Wildman–Crippen MR) is 74.7 cm³/mol. The number of piperidine rings is 1. The largest absolute Gasteiger partial charge is 0.370 e. The molecule has 0 bridgehead atoms. The first-order chi connectivity index (χ1) is 7.72. The van der Waals surface area contributed by atoms with Gasteiger partial charge >= 0.3 is 0 Å². The molecule has 2 rings (SSSR count). The summed E-state index contributed by atoms with van der Waals surface area (Å²) < 4.78 is 0. The molecule has 0 N–H and O–H groups in total. The van der Waals surface area contributed by atoms with E-state index in [2.05, 4.69) is 33.8 Å². The standard InChI is InChI=1S/C13H17BrClN/c1-10-4-3-7-16(9-10)13-11(8-14)5-2-6-12(13)15/h2,5-6,10H,3-4,7-9H2,1H3. The summed E-state index contributed by atoms with van der Waals surface area (Å²) in [4.78, 5) is 2.44. The molecule has 1 aliphatic rings. The van der Waals surface area contributed by atoms with E-state index in [1.54, 1.807) is 0 Å². The Morgan fingerprint density at radius 1 is 1.50 bits per heavy atom. The summed E-state index contributed by atoms with van der Waals surface area (Å²) in [6, 6.07) is 6.16. The molecule has 1 saturated heterocycles. The van der Waals surface area contributed by atoms with E-state index in [4.69, 9.17) is 11.6 Å². The van der Waals surface area contributed by atoms with Crippen molar-refractivity contribution in [3.8, 4) is 0 Å². The van der Waals surface area contributed by atoms with Gasteiger partial charge in [-0.3, -0.25) is 0 Å². The lowest BCUT2D eigenvalue weighted by atomic mass is 9.99. The summed E-state index contributed by atoms with van der Waals surface area (Å²) in [5.74, 6) is 0.771. The second kappa shape index (κ2) is 5.42. The maximum absolute atomic E-state index is 6.33. The van der Waals surface area contributed by atoms with Gasteiger partial charge in [-0.1, -0.05) is 46.6 Å². The Kier molecular flexibility index (Phi) is 4.15. The molecule has 1 nitrogen and oxygen atoms in total. The predicted octanol–water partition coefficient (Wildman–Crippen LogP) is 4.47. The molecule has 0 aromatic heterocycles. The molecular weight excluding hydrogens is 286 g/mol. The van der Waals surface area contributed by atoms with Crippen molar-refractivity contribution in [2.75, 3.05) is 18.0 Å². The molecule has 0 amide bonds. The SMILES string of the molecule is CC1CCCN(c2c(Cl)cccc2CBr)C1. The second-order valence-corrected chi connectivity index (χ2v) is 5.54. The van der Waals surface area contributed by atoms with Crippen LogP contribution in [0.2, 0.25) is 5.02 Å². The average Bonchev–Trinajstić information content (AvgIpc) is 2.28. The van der Waals surface area contributed by atoms with Crippen LogP contribution in [0.15, 0.2) is 18.2 Å². The molecule has 0 saturated carbocycles. The van der Waals surface area contributed by atoms with Gasteiger partial charge in [0.05, 0.1) is 10.7 Å². The van der Waals surface area contributed by atoms with Crippen LogP contribution in [-0.4, -0.2) is 13.1 Å². The van der Waals surface area contributed by atoms with Crippen LogP contribution in [0.25, 0.3) is 0 Å². The number of halogens is 2. The van der Waals surface area contributed by atoms with Gasteiger partial charge in [0.25, 0.3) is 0 Å². The molecule has 1 unspecified atom stereocenters. The van der Waals surface area contributed by atoms with Crippen molar-refractivity contribution < 1.29 is 0 Å². The molecular formula is C13H17BrClN. The molecule has 1 atom stereocenters. The van der Waals surface area contributed by atoms with E-state index < -0.39 is 0 Å². The van der Waals surface area contributed by atoms with Gasteiger partial charge in [-0.25, -0.2) is 0 Å². The first kappa shape index (κ1) is 12.3. The van der Waals surface area contributed by atoms with Gasteiger partial charge in [0.1, 0.15) is 0 Å². The van der Waals surface area contributed by atoms with Crippen LogP contribution >= 0.6 is 27.5 Å². The monoisotopic (exact) mass is 301 g/mol. The Morgan fingerprint density at radius 3 is 3.00 bits per heavy atom. The van der Waals surface area contributed by atoms with Gasteiger partial charge < -0.3 is 4.90 Å². The summed E-state index contributed by atoms with van der Waals surface area (Å²) in [7, 11) is 0. The highest BCUT2D eigenvalue weighted by molar-refractivity contribution is 9.08. The third kappa shape index (κ3) is 2.54. The van der Waals surface area contributed by atoms with Gasteiger partial charge in [0.15, 0.2) is 0 Å². The van der Waals surface area contributed by atoms with Gasteiger partial charge in [0.2, 0.25) is 0 Å². The lowest BCUT2D eigenvalue weighted by molar-refractivity contribution is 0.446. The van der Waals surface area contributed by atoms with E-state index in [1.807, 2.05) is 12.1 Å². The van der Waals surface area contributed by atoms with Crippen LogP contribution < -0.4 is 4.90 Å². The minimum atomic E-state index is 0.771. The quantitative estimate of drug-likeness (QED) is 0.729. The Balaban J connectivity index is 2.30. The molecule has 3 heteroatoms. The van der Waals surface area contributed by atoms with Gasteiger partial charge in [0, 0.05) is 18.4 Å². The number of rotatable bonds is 2. The van der Waals surface area contributed by atoms with E-state index >= 15 is 0 Å². The van der Waals surface area contributed by atoms with Crippen molar-refractivity contribution in [1.82, 2.24) is 0 Å². The Bertz CT molecular complexity index is 367. The zero-order valence-corrected chi connectivity index (χ0v) is 11.9. The van der Waals surface area contributed by atoms with E-state index in [0.717, 1.165) is 29.4 Å². The molecule has 1 aromatic carbocycles. The van der Waals surface area contributed by atoms with Crippen molar-refractivity contribution in [2.24, 2.45) is 5.92 Å². The molecule has 0 radical (unpaired) electrons. The normalized spacial score (nSPS) is 21.2. The number of benzene rings is 1. The second-order valence-electron chi connectivity index (χ2n) is 4.57. The first-order valence-corrected chi connectivity index (χ1v) is 7.30. The number of para-hydroxylation sites is 1. The molecule has 0 aliphatic carbocycles. The molecule has 1 aromatic rings. The summed E-state index contributed by atoms with van der Waals surface area (Å²) in [5, 5.41) is 1.75. The number of hydrogen-bond donors (Lipinski definition) is 0. The summed E-state index contributed by atoms with van der Waals surface area (Å²) in [5.41, 5.74) is 2.52. The Hall–Kier alpha value is -0.210. The maximum Gasteiger partial charge on any atom is 0.0642 e. The Labute approximate surface area is 111 Å². The number of anilines is 1. The van der Waals surface area contributed by atoms with E-state index in [0.29, 0.717) is 0 Å². The maximum atomic E-state index is 6.33. The molecule has 1 heterocycles. The highest BCUT2D eigenvalue weighted by atomic mass is 79.9. The Morgan fingerprint density at radius 2 is 2.31 bits per heavy atom. The lowest BCUT2D eigenvalue weighted by Crippen LogP contribution is -2.35. The lowest BCUT2D eigenvalue weighted by Gasteiger charge is -2.34. The third-order valence-corrected chi connectivity index (χ3v) is 4.10. The van der Waals surface area contributed by atoms with E-state index in [1.165, 1.54) is 24.1 Å². The van der Waals surface area contributed by atoms with E-state index in [9.17, 15) is 0 Å². The van der Waals surface area contributed by atoms with Crippen molar-refractivity contribution >= 4 is 33.2 Å². The van der Waals surface area contributed by atoms with Crippen LogP contribution in [0.5, 0.6) is 0 Å². The van der Waals surface area contributed by atoms with E-state index in [-0.39, 0.29) is 0 Å². The minimum absolute atomic E-state index is 0.771. The molecule has 16 heavy (non-hydrogen) atoms. The minimum Gasteiger partial charge on any atom is -0.370 e. The zero-order chi connectivity index (χ0) is 11.5. The molecule has 1 aliphatic heterocycles. The number of alkyl halides is 1. The molecule has 1 fully saturated rings. The van der Waals surface area contributed by atoms with Crippen LogP contribution in [0, 0.1) is 5.92 Å². The first-order valence-electron chi connectivity index (χ1n) is 5.80. The van der Waals surface area contributed by atoms with Crippen LogP contribution in [0.3, 0.4) is 0 Å². The average molecular weight is 303 g/mol. The molecule has 0 spiro atoms. The zero-order valence-electron chi connectivity index (χ0n) is 9.55. The fourth-order valence-electron chi connectivity index (χ4n) is 2.41. The smallest absolute Gasteiger partial charge is 0.0642 e. The highest BCUT2D eigenvalue weighted by Crippen LogP contribution is 2.34. The van der Waals surface area contributed by atoms with Gasteiger partial charge in [-0.2, -0.15) is 0 Å². The van der Waals surface area contributed by atoms with Crippen molar-refractivity contribution in [2.45, 2.75) is 25.1 Å². The fourth-order valence-corrected chi connectivity index (χ4v) is 3.18. The van der Waals surface area contributed by atoms with Gasteiger partial charge in [-0.05, 0) is 30.4 Å². The number of nitrogens with zero attached hydrogens (tertiary/aromatic N) is 1. The highest BCUT2D eigenvalue weighted by Gasteiger charge is 2.20.